The van der Waals surface area contributed by atoms with Crippen molar-refractivity contribution in [2.24, 2.45) is 0 Å². The van der Waals surface area contributed by atoms with E-state index in [2.05, 4.69) is 4.18 Å². The summed E-state index contributed by atoms with van der Waals surface area (Å²) >= 11 is 0. The number of hydrogen-bond acceptors (Lipinski definition) is 3. The first-order chi connectivity index (χ1) is 4.75. The molecule has 66 valence electrons. The zero-order valence-corrected chi connectivity index (χ0v) is 5.62. The smallest absolute Gasteiger partial charge is 0.230 e. The first-order valence-electron chi connectivity index (χ1n) is 2.38. The molecular formula is C3H2F4O3S. The van der Waals surface area contributed by atoms with Crippen LogP contribution in [-0.2, 0) is 14.3 Å². The summed E-state index contributed by atoms with van der Waals surface area (Å²) in [6.45, 7) is 0. The van der Waals surface area contributed by atoms with Gasteiger partial charge in [0.05, 0.1) is 0 Å². The standard InChI is InChI=1S/C3H2F4O3S/c4-2-1(3(5,6)7)11(8,9)10-2/h1-2H. The molecule has 0 aromatic heterocycles. The monoisotopic (exact) mass is 194 g/mol. The van der Waals surface area contributed by atoms with Crippen LogP contribution in [0.15, 0.2) is 0 Å². The molecule has 0 saturated carbocycles. The van der Waals surface area contributed by atoms with Crippen LogP contribution in [0.5, 0.6) is 0 Å². The molecule has 0 aromatic carbocycles. The molecular weight excluding hydrogens is 192 g/mol. The maximum atomic E-state index is 11.9. The quantitative estimate of drug-likeness (QED) is 0.418. The number of hydrogen-bond donors (Lipinski definition) is 0. The van der Waals surface area contributed by atoms with Gasteiger partial charge in [0.1, 0.15) is 0 Å². The predicted octanol–water partition coefficient (Wildman–Crippen LogP) is 0.573. The van der Waals surface area contributed by atoms with Gasteiger partial charge in [0.25, 0.3) is 10.1 Å². The molecule has 0 N–H and O–H groups in total. The van der Waals surface area contributed by atoms with Gasteiger partial charge in [0.2, 0.25) is 11.6 Å². The molecule has 0 aromatic rings. The summed E-state index contributed by atoms with van der Waals surface area (Å²) in [6.07, 6.45) is -7.86. The van der Waals surface area contributed by atoms with E-state index in [1.165, 1.54) is 0 Å². The summed E-state index contributed by atoms with van der Waals surface area (Å²) in [4.78, 5) is 0. The third kappa shape index (κ3) is 1.32. The summed E-state index contributed by atoms with van der Waals surface area (Å²) in [6, 6.07) is 0. The van der Waals surface area contributed by atoms with E-state index in [-0.39, 0.29) is 0 Å². The Bertz CT molecular complexity index is 254. The van der Waals surface area contributed by atoms with Crippen molar-refractivity contribution >= 4 is 10.1 Å². The molecule has 1 fully saturated rings. The van der Waals surface area contributed by atoms with Gasteiger partial charge >= 0.3 is 6.18 Å². The predicted molar refractivity (Wildman–Crippen MR) is 24.7 cm³/mol. The van der Waals surface area contributed by atoms with Crippen molar-refractivity contribution in [2.45, 2.75) is 17.8 Å². The summed E-state index contributed by atoms with van der Waals surface area (Å²) in [5.74, 6) is 0. The van der Waals surface area contributed by atoms with E-state index >= 15 is 0 Å². The van der Waals surface area contributed by atoms with Crippen LogP contribution < -0.4 is 0 Å². The van der Waals surface area contributed by atoms with Crippen LogP contribution in [0.25, 0.3) is 0 Å². The van der Waals surface area contributed by atoms with Gasteiger partial charge in [-0.05, 0) is 0 Å². The highest BCUT2D eigenvalue weighted by atomic mass is 32.2. The van der Waals surface area contributed by atoms with Crippen LogP contribution in [0, 0.1) is 0 Å². The zero-order valence-electron chi connectivity index (χ0n) is 4.80. The van der Waals surface area contributed by atoms with Crippen LogP contribution in [0.1, 0.15) is 0 Å². The lowest BCUT2D eigenvalue weighted by Crippen LogP contribution is -2.55. The highest BCUT2D eigenvalue weighted by Gasteiger charge is 2.64. The molecule has 1 aliphatic heterocycles. The maximum Gasteiger partial charge on any atom is 0.413 e. The van der Waals surface area contributed by atoms with E-state index in [9.17, 15) is 26.0 Å². The Kier molecular flexibility index (Phi) is 1.64. The summed E-state index contributed by atoms with van der Waals surface area (Å²) in [5, 5.41) is -3.00. The van der Waals surface area contributed by atoms with Crippen molar-refractivity contribution in [1.29, 1.82) is 0 Å². The third-order valence-corrected chi connectivity index (χ3v) is 2.65. The van der Waals surface area contributed by atoms with Gasteiger partial charge in [-0.25, -0.2) is 8.57 Å². The van der Waals surface area contributed by atoms with E-state index in [0.717, 1.165) is 0 Å². The van der Waals surface area contributed by atoms with Crippen molar-refractivity contribution in [1.82, 2.24) is 0 Å². The topological polar surface area (TPSA) is 43.4 Å². The highest BCUT2D eigenvalue weighted by Crippen LogP contribution is 2.38. The minimum atomic E-state index is -5.09. The van der Waals surface area contributed by atoms with Gasteiger partial charge in [-0.3, -0.25) is 0 Å². The Morgan fingerprint density at radius 3 is 1.82 bits per heavy atom. The SMILES string of the molecule is O=S1(=O)OC(F)C1C(F)(F)F. The van der Waals surface area contributed by atoms with Crippen LogP contribution in [-0.4, -0.2) is 26.2 Å². The molecule has 1 saturated heterocycles. The Balaban J connectivity index is 2.89. The van der Waals surface area contributed by atoms with Gasteiger partial charge < -0.3 is 0 Å². The van der Waals surface area contributed by atoms with Crippen LogP contribution in [0.3, 0.4) is 0 Å². The lowest BCUT2D eigenvalue weighted by atomic mass is 10.4. The maximum absolute atomic E-state index is 11.9. The molecule has 2 atom stereocenters. The molecule has 0 bridgehead atoms. The van der Waals surface area contributed by atoms with E-state index < -0.39 is 27.9 Å². The number of halogens is 4. The Hall–Kier alpha value is -0.370. The zero-order chi connectivity index (χ0) is 8.86. The molecule has 1 aliphatic rings. The molecule has 8 heteroatoms. The van der Waals surface area contributed by atoms with Crippen LogP contribution in [0.4, 0.5) is 17.6 Å². The van der Waals surface area contributed by atoms with Gasteiger partial charge in [-0.15, -0.1) is 0 Å². The molecule has 0 amide bonds. The largest absolute Gasteiger partial charge is 0.413 e. The summed E-state index contributed by atoms with van der Waals surface area (Å²) in [7, 11) is -4.73. The first kappa shape index (κ1) is 8.72. The molecule has 2 unspecified atom stereocenters. The molecule has 1 heterocycles. The van der Waals surface area contributed by atoms with Gasteiger partial charge in [0.15, 0.2) is 0 Å². The fourth-order valence-electron chi connectivity index (χ4n) is 0.628. The van der Waals surface area contributed by atoms with Crippen molar-refractivity contribution in [3.8, 4) is 0 Å². The third-order valence-electron chi connectivity index (χ3n) is 1.10. The summed E-state index contributed by atoms with van der Waals surface area (Å²) in [5.41, 5.74) is 0. The molecule has 3 nitrogen and oxygen atoms in total. The van der Waals surface area contributed by atoms with Gasteiger partial charge in [-0.1, -0.05) is 0 Å². The van der Waals surface area contributed by atoms with E-state index in [0.29, 0.717) is 0 Å². The van der Waals surface area contributed by atoms with E-state index in [4.69, 9.17) is 0 Å². The number of alkyl halides is 4. The highest BCUT2D eigenvalue weighted by molar-refractivity contribution is 7.88. The second-order valence-electron chi connectivity index (χ2n) is 1.90. The minimum absolute atomic E-state index is 2.78. The molecule has 0 spiro atoms. The van der Waals surface area contributed by atoms with Crippen molar-refractivity contribution in [3.63, 3.8) is 0 Å². The Labute approximate surface area is 59.1 Å². The fourth-order valence-corrected chi connectivity index (χ4v) is 1.59. The second-order valence-corrected chi connectivity index (χ2v) is 3.59. The minimum Gasteiger partial charge on any atom is -0.230 e. The first-order valence-corrected chi connectivity index (χ1v) is 3.85. The molecule has 0 radical (unpaired) electrons. The van der Waals surface area contributed by atoms with Crippen LogP contribution >= 0.6 is 0 Å². The molecule has 11 heavy (non-hydrogen) atoms. The average Bonchev–Trinajstić information content (AvgIpc) is 1.54. The van der Waals surface area contributed by atoms with Gasteiger partial charge in [-0.2, -0.15) is 21.6 Å². The molecule has 1 rings (SSSR count). The van der Waals surface area contributed by atoms with Crippen LogP contribution in [0.2, 0.25) is 0 Å². The lowest BCUT2D eigenvalue weighted by molar-refractivity contribution is -0.180. The second kappa shape index (κ2) is 2.07. The number of rotatable bonds is 0. The van der Waals surface area contributed by atoms with E-state index in [1.807, 2.05) is 0 Å². The van der Waals surface area contributed by atoms with Crippen molar-refractivity contribution < 1.29 is 30.2 Å². The fraction of sp³-hybridized carbons (Fsp3) is 1.00. The normalized spacial score (nSPS) is 36.4. The van der Waals surface area contributed by atoms with Crippen molar-refractivity contribution in [2.75, 3.05) is 0 Å². The molecule has 0 aliphatic carbocycles. The van der Waals surface area contributed by atoms with E-state index in [1.54, 1.807) is 0 Å². The Morgan fingerprint density at radius 1 is 1.27 bits per heavy atom. The average molecular weight is 194 g/mol. The Morgan fingerprint density at radius 2 is 1.73 bits per heavy atom. The van der Waals surface area contributed by atoms with Gasteiger partial charge in [0, 0.05) is 0 Å². The van der Waals surface area contributed by atoms with Crippen molar-refractivity contribution in [3.05, 3.63) is 0 Å². The summed E-state index contributed by atoms with van der Waals surface area (Å²) < 4.78 is 69.9. The lowest BCUT2D eigenvalue weighted by Gasteiger charge is -2.30.